The lowest BCUT2D eigenvalue weighted by Crippen LogP contribution is -2.15. The van der Waals surface area contributed by atoms with Crippen molar-refractivity contribution in [1.82, 2.24) is 0 Å². The summed E-state index contributed by atoms with van der Waals surface area (Å²) in [5, 5.41) is 0. The first-order valence-electron chi connectivity index (χ1n) is 5.47. The summed E-state index contributed by atoms with van der Waals surface area (Å²) in [6.45, 7) is 11.0. The lowest BCUT2D eigenvalue weighted by atomic mass is 9.79. The maximum Gasteiger partial charge on any atom is 0.146 e. The fourth-order valence-corrected chi connectivity index (χ4v) is 1.73. The third kappa shape index (κ3) is 7.34. The lowest BCUT2D eigenvalue weighted by molar-refractivity contribution is -0.0334. The summed E-state index contributed by atoms with van der Waals surface area (Å²) in [7, 11) is 1.64. The van der Waals surface area contributed by atoms with Gasteiger partial charge in [-0.1, -0.05) is 19.1 Å². The first-order valence-corrected chi connectivity index (χ1v) is 5.47. The van der Waals surface area contributed by atoms with Crippen molar-refractivity contribution < 1.29 is 9.47 Å². The van der Waals surface area contributed by atoms with Crippen molar-refractivity contribution in [3.05, 3.63) is 25.3 Å². The molecule has 2 nitrogen and oxygen atoms in total. The van der Waals surface area contributed by atoms with Crippen molar-refractivity contribution in [2.24, 2.45) is 5.41 Å². The molecule has 0 spiro atoms. The van der Waals surface area contributed by atoms with Gasteiger partial charge in [0.1, 0.15) is 6.79 Å². The van der Waals surface area contributed by atoms with Crippen LogP contribution >= 0.6 is 0 Å². The van der Waals surface area contributed by atoms with Crippen LogP contribution < -0.4 is 0 Å². The Balaban J connectivity index is 3.74. The molecule has 0 atom stereocenters. The van der Waals surface area contributed by atoms with Gasteiger partial charge in [0.05, 0.1) is 0 Å². The van der Waals surface area contributed by atoms with Crippen LogP contribution in [0.15, 0.2) is 25.3 Å². The van der Waals surface area contributed by atoms with Crippen LogP contribution in [0.3, 0.4) is 0 Å². The molecule has 0 aliphatic heterocycles. The van der Waals surface area contributed by atoms with Gasteiger partial charge in [0, 0.05) is 13.7 Å². The van der Waals surface area contributed by atoms with Gasteiger partial charge in [-0.25, -0.2) is 0 Å². The van der Waals surface area contributed by atoms with Crippen LogP contribution in [0.5, 0.6) is 0 Å². The van der Waals surface area contributed by atoms with E-state index >= 15 is 0 Å². The van der Waals surface area contributed by atoms with Gasteiger partial charge in [-0.15, -0.1) is 13.2 Å². The average molecular weight is 212 g/mol. The van der Waals surface area contributed by atoms with Gasteiger partial charge in [0.15, 0.2) is 0 Å². The Bertz CT molecular complexity index is 165. The predicted molar refractivity (Wildman–Crippen MR) is 64.8 cm³/mol. The molecule has 0 fully saturated rings. The number of rotatable bonds is 10. The second-order valence-electron chi connectivity index (χ2n) is 4.21. The van der Waals surface area contributed by atoms with Crippen molar-refractivity contribution in [3.8, 4) is 0 Å². The van der Waals surface area contributed by atoms with Crippen LogP contribution in [0.25, 0.3) is 0 Å². The minimum absolute atomic E-state index is 0.292. The van der Waals surface area contributed by atoms with Gasteiger partial charge in [0.2, 0.25) is 0 Å². The first kappa shape index (κ1) is 14.4. The zero-order valence-corrected chi connectivity index (χ0v) is 10.1. The molecule has 0 unspecified atom stereocenters. The number of hydrogen-bond donors (Lipinski definition) is 0. The van der Waals surface area contributed by atoms with E-state index in [-0.39, 0.29) is 0 Å². The van der Waals surface area contributed by atoms with E-state index in [9.17, 15) is 0 Å². The fraction of sp³-hybridized carbons (Fsp3) is 0.692. The predicted octanol–water partition coefficient (Wildman–Crippen LogP) is 3.55. The summed E-state index contributed by atoms with van der Waals surface area (Å²) < 4.78 is 10.1. The lowest BCUT2D eigenvalue weighted by Gasteiger charge is -2.27. The van der Waals surface area contributed by atoms with E-state index < -0.39 is 0 Å². The maximum absolute atomic E-state index is 5.26. The number of ether oxygens (including phenoxy) is 2. The molecule has 0 aromatic carbocycles. The monoisotopic (exact) mass is 212 g/mol. The molecule has 0 aliphatic rings. The summed E-state index contributed by atoms with van der Waals surface area (Å²) >= 11 is 0. The summed E-state index contributed by atoms with van der Waals surface area (Å²) in [6, 6.07) is 0. The summed E-state index contributed by atoms with van der Waals surface area (Å²) in [5.41, 5.74) is 0.292. The zero-order valence-electron chi connectivity index (χ0n) is 10.1. The van der Waals surface area contributed by atoms with E-state index in [1.165, 1.54) is 0 Å². The third-order valence-corrected chi connectivity index (χ3v) is 2.54. The minimum atomic E-state index is 0.292. The largest absolute Gasteiger partial charge is 0.359 e. The van der Waals surface area contributed by atoms with Crippen LogP contribution in [0.1, 0.15) is 32.6 Å². The molecule has 0 rings (SSSR count). The van der Waals surface area contributed by atoms with E-state index in [4.69, 9.17) is 9.47 Å². The molecule has 15 heavy (non-hydrogen) atoms. The molecular formula is C13H24O2. The van der Waals surface area contributed by atoms with E-state index in [0.717, 1.165) is 32.3 Å². The van der Waals surface area contributed by atoms with Gasteiger partial charge >= 0.3 is 0 Å². The average Bonchev–Trinajstić information content (AvgIpc) is 2.18. The highest BCUT2D eigenvalue weighted by Crippen LogP contribution is 2.32. The van der Waals surface area contributed by atoms with Gasteiger partial charge in [-0.2, -0.15) is 0 Å². The molecule has 0 aliphatic carbocycles. The van der Waals surface area contributed by atoms with E-state index in [1.807, 2.05) is 12.2 Å². The highest BCUT2D eigenvalue weighted by molar-refractivity contribution is 4.88. The molecule has 0 bridgehead atoms. The van der Waals surface area contributed by atoms with E-state index in [2.05, 4.69) is 20.1 Å². The van der Waals surface area contributed by atoms with Crippen molar-refractivity contribution >= 4 is 0 Å². The van der Waals surface area contributed by atoms with Gasteiger partial charge < -0.3 is 9.47 Å². The molecule has 2 heteroatoms. The van der Waals surface area contributed by atoms with E-state index in [1.54, 1.807) is 7.11 Å². The van der Waals surface area contributed by atoms with Crippen LogP contribution in [0.4, 0.5) is 0 Å². The van der Waals surface area contributed by atoms with Crippen LogP contribution in [0.2, 0.25) is 0 Å². The first-order chi connectivity index (χ1) is 7.18. The smallest absolute Gasteiger partial charge is 0.146 e. The summed E-state index contributed by atoms with van der Waals surface area (Å²) in [4.78, 5) is 0. The quantitative estimate of drug-likeness (QED) is 0.313. The molecule has 88 valence electrons. The Hall–Kier alpha value is -0.600. The van der Waals surface area contributed by atoms with Gasteiger partial charge in [-0.3, -0.25) is 0 Å². The topological polar surface area (TPSA) is 18.5 Å². The molecule has 0 aromatic heterocycles. The van der Waals surface area contributed by atoms with Crippen molar-refractivity contribution in [1.29, 1.82) is 0 Å². The molecule has 0 radical (unpaired) electrons. The van der Waals surface area contributed by atoms with Crippen molar-refractivity contribution in [2.45, 2.75) is 32.6 Å². The Kier molecular flexibility index (Phi) is 8.34. The molecule has 0 saturated carbocycles. The fourth-order valence-electron chi connectivity index (χ4n) is 1.73. The highest BCUT2D eigenvalue weighted by Gasteiger charge is 2.20. The molecule has 0 heterocycles. The Morgan fingerprint density at radius 1 is 1.20 bits per heavy atom. The Morgan fingerprint density at radius 2 is 1.80 bits per heavy atom. The SMILES string of the molecule is C=CCC(C)(CC=C)CCCOCOC. The minimum Gasteiger partial charge on any atom is -0.359 e. The third-order valence-electron chi connectivity index (χ3n) is 2.54. The molecule has 0 aromatic rings. The molecule has 0 saturated heterocycles. The number of methoxy groups -OCH3 is 1. The Labute approximate surface area is 94.0 Å². The number of allylic oxidation sites excluding steroid dienone is 2. The standard InChI is InChI=1S/C13H24O2/c1-5-8-13(3,9-6-2)10-7-11-15-12-14-4/h5-6H,1-2,7-12H2,3-4H3. The summed E-state index contributed by atoms with van der Waals surface area (Å²) in [6.07, 6.45) is 8.22. The second-order valence-corrected chi connectivity index (χ2v) is 4.21. The maximum atomic E-state index is 5.26. The van der Waals surface area contributed by atoms with Crippen molar-refractivity contribution in [3.63, 3.8) is 0 Å². The normalized spacial score (nSPS) is 11.3. The number of hydrogen-bond acceptors (Lipinski definition) is 2. The van der Waals surface area contributed by atoms with Crippen molar-refractivity contribution in [2.75, 3.05) is 20.5 Å². The van der Waals surface area contributed by atoms with Gasteiger partial charge in [-0.05, 0) is 31.1 Å². The summed E-state index contributed by atoms with van der Waals surface area (Å²) in [5.74, 6) is 0. The van der Waals surface area contributed by atoms with Crippen LogP contribution in [0, 0.1) is 5.41 Å². The van der Waals surface area contributed by atoms with E-state index in [0.29, 0.717) is 12.2 Å². The molecule has 0 amide bonds. The van der Waals surface area contributed by atoms with Crippen LogP contribution in [-0.2, 0) is 9.47 Å². The molecular weight excluding hydrogens is 188 g/mol. The Morgan fingerprint density at radius 3 is 2.27 bits per heavy atom. The second kappa shape index (κ2) is 8.69. The van der Waals surface area contributed by atoms with Gasteiger partial charge in [0.25, 0.3) is 0 Å². The molecule has 0 N–H and O–H groups in total. The van der Waals surface area contributed by atoms with Crippen LogP contribution in [-0.4, -0.2) is 20.5 Å². The zero-order chi connectivity index (χ0) is 11.6. The highest BCUT2D eigenvalue weighted by atomic mass is 16.7.